The first kappa shape index (κ1) is 23.0. The second kappa shape index (κ2) is 11.6. The van der Waals surface area contributed by atoms with Crippen LogP contribution in [0.5, 0.6) is 5.75 Å². The van der Waals surface area contributed by atoms with E-state index in [0.29, 0.717) is 35.7 Å². The van der Waals surface area contributed by atoms with Crippen molar-refractivity contribution < 1.29 is 14.3 Å². The molecule has 3 aromatic rings. The largest absolute Gasteiger partial charge is 0.493 e. The highest BCUT2D eigenvalue weighted by Crippen LogP contribution is 2.16. The number of thiocarbonyl (C=S) groups is 1. The Labute approximate surface area is 193 Å². The minimum Gasteiger partial charge on any atom is -0.493 e. The van der Waals surface area contributed by atoms with Crippen molar-refractivity contribution in [2.45, 2.75) is 13.3 Å². The average molecular weight is 448 g/mol. The van der Waals surface area contributed by atoms with E-state index in [-0.39, 0.29) is 16.9 Å². The number of ether oxygens (including phenoxy) is 1. The van der Waals surface area contributed by atoms with Crippen molar-refractivity contribution in [3.8, 4) is 5.75 Å². The Balaban J connectivity index is 1.52. The molecule has 0 saturated carbocycles. The summed E-state index contributed by atoms with van der Waals surface area (Å²) < 4.78 is 5.75. The molecular weight excluding hydrogens is 422 g/mol. The number of nitrogens with one attached hydrogen (secondary N) is 3. The predicted octanol–water partition coefficient (Wildman–Crippen LogP) is 4.18. The van der Waals surface area contributed by atoms with Gasteiger partial charge in [0.25, 0.3) is 11.8 Å². The maximum Gasteiger partial charge on any atom is 0.257 e. The zero-order valence-corrected chi connectivity index (χ0v) is 18.6. The molecule has 0 aliphatic rings. The summed E-state index contributed by atoms with van der Waals surface area (Å²) in [5, 5.41) is 8.41. The summed E-state index contributed by atoms with van der Waals surface area (Å²) in [6.07, 6.45) is 0.806. The van der Waals surface area contributed by atoms with Gasteiger partial charge in [0, 0.05) is 18.5 Å². The number of para-hydroxylation sites is 1. The molecule has 7 heteroatoms. The molecule has 3 aromatic carbocycles. The van der Waals surface area contributed by atoms with Crippen LogP contribution in [0.3, 0.4) is 0 Å². The average Bonchev–Trinajstić information content (AvgIpc) is 2.80. The van der Waals surface area contributed by atoms with E-state index in [1.807, 2.05) is 25.1 Å². The predicted molar refractivity (Wildman–Crippen MR) is 130 cm³/mol. The Morgan fingerprint density at radius 2 is 1.56 bits per heavy atom. The third kappa shape index (κ3) is 6.65. The fraction of sp³-hybridized carbons (Fsp3) is 0.160. The molecule has 3 rings (SSSR count). The fourth-order valence-electron chi connectivity index (χ4n) is 3.01. The molecule has 0 spiro atoms. The molecule has 0 aliphatic heterocycles. The molecule has 2 amide bonds. The SMILES string of the molecule is CCNC(=O)c1ccccc1NC(=S)NC(=O)c1ccc(OCCc2ccccc2)cc1. The molecule has 0 bridgehead atoms. The monoisotopic (exact) mass is 447 g/mol. The van der Waals surface area contributed by atoms with Gasteiger partial charge in [0.15, 0.2) is 5.11 Å². The third-order valence-corrected chi connectivity index (χ3v) is 4.81. The van der Waals surface area contributed by atoms with E-state index in [0.717, 1.165) is 6.42 Å². The number of hydrogen-bond donors (Lipinski definition) is 3. The van der Waals surface area contributed by atoms with E-state index in [9.17, 15) is 9.59 Å². The van der Waals surface area contributed by atoms with E-state index >= 15 is 0 Å². The van der Waals surface area contributed by atoms with Crippen molar-refractivity contribution in [3.05, 3.63) is 95.6 Å². The van der Waals surface area contributed by atoms with Crippen LogP contribution in [0.15, 0.2) is 78.9 Å². The van der Waals surface area contributed by atoms with E-state index in [2.05, 4.69) is 28.1 Å². The number of rotatable bonds is 8. The van der Waals surface area contributed by atoms with Gasteiger partial charge in [-0.15, -0.1) is 0 Å². The molecule has 0 atom stereocenters. The second-order valence-electron chi connectivity index (χ2n) is 6.92. The molecular formula is C25H25N3O3S. The second-order valence-corrected chi connectivity index (χ2v) is 7.33. The van der Waals surface area contributed by atoms with Gasteiger partial charge in [-0.2, -0.15) is 0 Å². The van der Waals surface area contributed by atoms with Crippen LogP contribution in [-0.4, -0.2) is 30.1 Å². The van der Waals surface area contributed by atoms with Crippen LogP contribution in [0.25, 0.3) is 0 Å². The summed E-state index contributed by atoms with van der Waals surface area (Å²) in [5.41, 5.74) is 2.62. The lowest BCUT2D eigenvalue weighted by atomic mass is 10.1. The van der Waals surface area contributed by atoms with Gasteiger partial charge in [-0.25, -0.2) is 0 Å². The number of anilines is 1. The number of carbonyl (C=O) groups excluding carboxylic acids is 2. The third-order valence-electron chi connectivity index (χ3n) is 4.60. The van der Waals surface area contributed by atoms with Crippen molar-refractivity contribution >= 4 is 34.8 Å². The Kier molecular flexibility index (Phi) is 8.34. The topological polar surface area (TPSA) is 79.5 Å². The van der Waals surface area contributed by atoms with E-state index < -0.39 is 0 Å². The summed E-state index contributed by atoms with van der Waals surface area (Å²) >= 11 is 5.25. The number of benzene rings is 3. The summed E-state index contributed by atoms with van der Waals surface area (Å²) in [4.78, 5) is 24.7. The highest BCUT2D eigenvalue weighted by atomic mass is 32.1. The first-order valence-corrected chi connectivity index (χ1v) is 10.7. The highest BCUT2D eigenvalue weighted by molar-refractivity contribution is 7.80. The first-order valence-electron chi connectivity index (χ1n) is 10.3. The molecule has 0 aliphatic carbocycles. The maximum atomic E-state index is 12.5. The molecule has 6 nitrogen and oxygen atoms in total. The number of hydrogen-bond acceptors (Lipinski definition) is 4. The molecule has 0 aromatic heterocycles. The molecule has 0 fully saturated rings. The van der Waals surface area contributed by atoms with Crippen LogP contribution in [0, 0.1) is 0 Å². The van der Waals surface area contributed by atoms with Gasteiger partial charge < -0.3 is 15.4 Å². The van der Waals surface area contributed by atoms with Crippen LogP contribution in [0.2, 0.25) is 0 Å². The van der Waals surface area contributed by atoms with Crippen LogP contribution in [-0.2, 0) is 6.42 Å². The number of carbonyl (C=O) groups is 2. The van der Waals surface area contributed by atoms with Gasteiger partial charge in [0.1, 0.15) is 5.75 Å². The molecule has 0 saturated heterocycles. The van der Waals surface area contributed by atoms with Crippen LogP contribution < -0.4 is 20.7 Å². The van der Waals surface area contributed by atoms with E-state index in [1.54, 1.807) is 48.5 Å². The van der Waals surface area contributed by atoms with Gasteiger partial charge in [0.2, 0.25) is 0 Å². The van der Waals surface area contributed by atoms with Gasteiger partial charge >= 0.3 is 0 Å². The van der Waals surface area contributed by atoms with Crippen LogP contribution in [0.1, 0.15) is 33.2 Å². The minimum absolute atomic E-state index is 0.106. The van der Waals surface area contributed by atoms with Crippen LogP contribution in [0.4, 0.5) is 5.69 Å². The summed E-state index contributed by atoms with van der Waals surface area (Å²) in [5.74, 6) is 0.121. The lowest BCUT2D eigenvalue weighted by molar-refractivity contribution is 0.0954. The van der Waals surface area contributed by atoms with Crippen molar-refractivity contribution in [3.63, 3.8) is 0 Å². The Morgan fingerprint density at radius 3 is 2.28 bits per heavy atom. The minimum atomic E-state index is -0.353. The Bertz CT molecular complexity index is 1070. The molecule has 0 radical (unpaired) electrons. The molecule has 164 valence electrons. The highest BCUT2D eigenvalue weighted by Gasteiger charge is 2.13. The van der Waals surface area contributed by atoms with Gasteiger partial charge in [-0.3, -0.25) is 14.9 Å². The van der Waals surface area contributed by atoms with Crippen molar-refractivity contribution in [1.29, 1.82) is 0 Å². The van der Waals surface area contributed by atoms with E-state index in [4.69, 9.17) is 17.0 Å². The van der Waals surface area contributed by atoms with Crippen molar-refractivity contribution in [1.82, 2.24) is 10.6 Å². The fourth-order valence-corrected chi connectivity index (χ4v) is 3.21. The molecule has 3 N–H and O–H groups in total. The van der Waals surface area contributed by atoms with Crippen molar-refractivity contribution in [2.75, 3.05) is 18.5 Å². The smallest absolute Gasteiger partial charge is 0.257 e. The quantitative estimate of drug-likeness (QED) is 0.452. The summed E-state index contributed by atoms with van der Waals surface area (Å²) in [6, 6.07) is 23.9. The van der Waals surface area contributed by atoms with Gasteiger partial charge in [-0.05, 0) is 61.1 Å². The first-order chi connectivity index (χ1) is 15.6. The molecule has 0 heterocycles. The standard InChI is InChI=1S/C25H25N3O3S/c1-2-26-24(30)21-10-6-7-11-22(21)27-25(32)28-23(29)19-12-14-20(15-13-19)31-17-16-18-8-4-3-5-9-18/h3-15H,2,16-17H2,1H3,(H,26,30)(H2,27,28,29,32). The molecule has 0 unspecified atom stereocenters. The Hall–Kier alpha value is -3.71. The molecule has 32 heavy (non-hydrogen) atoms. The van der Waals surface area contributed by atoms with Crippen LogP contribution >= 0.6 is 12.2 Å². The normalized spacial score (nSPS) is 10.2. The van der Waals surface area contributed by atoms with E-state index in [1.165, 1.54) is 5.56 Å². The van der Waals surface area contributed by atoms with Gasteiger partial charge in [0.05, 0.1) is 17.9 Å². The van der Waals surface area contributed by atoms with Crippen molar-refractivity contribution in [2.24, 2.45) is 0 Å². The maximum absolute atomic E-state index is 12.5. The number of amides is 2. The summed E-state index contributed by atoms with van der Waals surface area (Å²) in [7, 11) is 0. The summed E-state index contributed by atoms with van der Waals surface area (Å²) in [6.45, 7) is 2.91. The zero-order chi connectivity index (χ0) is 22.8. The lowest BCUT2D eigenvalue weighted by Gasteiger charge is -2.13. The lowest BCUT2D eigenvalue weighted by Crippen LogP contribution is -2.35. The van der Waals surface area contributed by atoms with Gasteiger partial charge in [-0.1, -0.05) is 42.5 Å². The Morgan fingerprint density at radius 1 is 0.875 bits per heavy atom. The zero-order valence-electron chi connectivity index (χ0n) is 17.8.